The van der Waals surface area contributed by atoms with Gasteiger partial charge >= 0.3 is 0 Å². The van der Waals surface area contributed by atoms with E-state index in [4.69, 9.17) is 4.42 Å². The molecule has 2 aromatic heterocycles. The van der Waals surface area contributed by atoms with Crippen molar-refractivity contribution in [1.82, 2.24) is 4.57 Å². The van der Waals surface area contributed by atoms with Crippen LogP contribution < -0.4 is 21.3 Å². The van der Waals surface area contributed by atoms with Gasteiger partial charge in [-0.05, 0) is 86.5 Å². The molecule has 0 spiro atoms. The Balaban J connectivity index is 1.30. The number of fused-ring (bicyclic) bond motifs is 10. The number of rotatable bonds is 2. The number of anilines is 3. The van der Waals surface area contributed by atoms with Crippen molar-refractivity contribution in [1.29, 1.82) is 0 Å². The Morgan fingerprint density at radius 1 is 0.491 bits per heavy atom. The van der Waals surface area contributed by atoms with Crippen LogP contribution >= 0.6 is 0 Å². The first kappa shape index (κ1) is 34.3. The molecule has 2 aliphatic rings. The van der Waals surface area contributed by atoms with Gasteiger partial charge in [0.15, 0.2) is 0 Å². The predicted molar refractivity (Wildman–Crippen MR) is 243 cm³/mol. The number of hydrogen-bond donors (Lipinski definition) is 0. The lowest BCUT2D eigenvalue weighted by atomic mass is 9.30. The fourth-order valence-electron chi connectivity index (χ4n) is 10.1. The highest BCUT2D eigenvalue weighted by atomic mass is 16.3. The summed E-state index contributed by atoms with van der Waals surface area (Å²) < 4.78 is 9.17. The topological polar surface area (TPSA) is 21.3 Å². The number of benzene rings is 7. The molecular weight excluding hydrogens is 691 g/mol. The Morgan fingerprint density at radius 2 is 1.11 bits per heavy atom. The molecule has 0 saturated carbocycles. The van der Waals surface area contributed by atoms with Crippen molar-refractivity contribution < 1.29 is 4.42 Å². The molecule has 4 heteroatoms. The average molecular weight is 739 g/mol. The standard InChI is InChI=1S/C53H47BN2O/c1-51(2,3)32-21-24-34(25-22-32)55-46-31-49-39(38-17-11-14-20-48(38)57-49)30-43(46)54-42-27-33(52(4,5)6)23-26-40(42)53(7,8)41-28-35(29-47(55)50(41)54)56-44-18-12-9-15-36(44)37-16-10-13-19-45(37)56/h9-31H,1-8H3. The molecular formula is C53H47BN2O. The minimum Gasteiger partial charge on any atom is -0.456 e. The normalized spacial score (nSPS) is 14.7. The molecule has 0 bridgehead atoms. The van der Waals surface area contributed by atoms with Crippen molar-refractivity contribution in [3.05, 3.63) is 162 Å². The summed E-state index contributed by atoms with van der Waals surface area (Å²) in [6, 6.07) is 52.6. The van der Waals surface area contributed by atoms with Crippen LogP contribution in [-0.2, 0) is 16.2 Å². The third-order valence-corrected chi connectivity index (χ3v) is 13.2. The van der Waals surface area contributed by atoms with Gasteiger partial charge in [-0.3, -0.25) is 0 Å². The van der Waals surface area contributed by atoms with Crippen LogP contribution in [0.25, 0.3) is 49.4 Å². The molecule has 0 fully saturated rings. The van der Waals surface area contributed by atoms with Crippen molar-refractivity contribution >= 4 is 83.9 Å². The van der Waals surface area contributed by atoms with E-state index < -0.39 is 0 Å². The van der Waals surface area contributed by atoms with E-state index in [2.05, 4.69) is 204 Å². The third kappa shape index (κ3) is 4.86. The second-order valence-corrected chi connectivity index (χ2v) is 19.0. The number of para-hydroxylation sites is 3. The smallest absolute Gasteiger partial charge is 0.247 e. The maximum atomic E-state index is 6.68. The Kier molecular flexibility index (Phi) is 6.94. The zero-order valence-electron chi connectivity index (χ0n) is 34.2. The monoisotopic (exact) mass is 738 g/mol. The first-order chi connectivity index (χ1) is 27.3. The van der Waals surface area contributed by atoms with Gasteiger partial charge in [0.1, 0.15) is 11.2 Å². The van der Waals surface area contributed by atoms with Crippen LogP contribution in [0.2, 0.25) is 0 Å². The van der Waals surface area contributed by atoms with Gasteiger partial charge in [-0.25, -0.2) is 0 Å². The lowest BCUT2D eigenvalue weighted by Gasteiger charge is -2.46. The summed E-state index contributed by atoms with van der Waals surface area (Å²) in [5, 5.41) is 4.86. The molecule has 0 unspecified atom stereocenters. The van der Waals surface area contributed by atoms with Gasteiger partial charge in [0.25, 0.3) is 0 Å². The summed E-state index contributed by atoms with van der Waals surface area (Å²) in [5.74, 6) is 0. The second kappa shape index (κ2) is 11.5. The van der Waals surface area contributed by atoms with Crippen molar-refractivity contribution in [2.75, 3.05) is 4.90 Å². The van der Waals surface area contributed by atoms with Crippen LogP contribution in [0.1, 0.15) is 77.6 Å². The fourth-order valence-corrected chi connectivity index (χ4v) is 10.1. The Hall–Kier alpha value is -6.00. The van der Waals surface area contributed by atoms with Crippen molar-refractivity contribution in [2.45, 2.75) is 71.6 Å². The molecule has 4 heterocycles. The molecule has 278 valence electrons. The highest BCUT2D eigenvalue weighted by Gasteiger charge is 2.47. The molecule has 9 aromatic rings. The molecule has 0 N–H and O–H groups in total. The van der Waals surface area contributed by atoms with E-state index in [0.717, 1.165) is 27.6 Å². The lowest BCUT2D eigenvalue weighted by Crippen LogP contribution is -2.64. The van der Waals surface area contributed by atoms with Crippen LogP contribution in [0.3, 0.4) is 0 Å². The van der Waals surface area contributed by atoms with E-state index in [1.807, 2.05) is 0 Å². The van der Waals surface area contributed by atoms with Crippen LogP contribution in [0.5, 0.6) is 0 Å². The Labute approximate surface area is 335 Å². The molecule has 3 nitrogen and oxygen atoms in total. The van der Waals surface area contributed by atoms with Gasteiger partial charge in [0, 0.05) is 55.8 Å². The summed E-state index contributed by atoms with van der Waals surface area (Å²) in [6.45, 7) is 18.8. The third-order valence-electron chi connectivity index (χ3n) is 13.2. The summed E-state index contributed by atoms with van der Waals surface area (Å²) in [4.78, 5) is 2.54. The maximum Gasteiger partial charge on any atom is 0.247 e. The van der Waals surface area contributed by atoms with Crippen molar-refractivity contribution in [2.24, 2.45) is 0 Å². The second-order valence-electron chi connectivity index (χ2n) is 19.0. The summed E-state index contributed by atoms with van der Waals surface area (Å²) in [7, 11) is 0. The van der Waals surface area contributed by atoms with Gasteiger partial charge in [0.2, 0.25) is 6.71 Å². The van der Waals surface area contributed by atoms with E-state index in [9.17, 15) is 0 Å². The highest BCUT2D eigenvalue weighted by molar-refractivity contribution is 6.99. The van der Waals surface area contributed by atoms with Crippen LogP contribution in [0, 0.1) is 0 Å². The first-order valence-corrected chi connectivity index (χ1v) is 20.5. The Morgan fingerprint density at radius 3 is 1.77 bits per heavy atom. The van der Waals surface area contributed by atoms with Crippen LogP contribution in [0.15, 0.2) is 144 Å². The van der Waals surface area contributed by atoms with Crippen molar-refractivity contribution in [3.63, 3.8) is 0 Å². The fraction of sp³-hybridized carbons (Fsp3) is 0.208. The first-order valence-electron chi connectivity index (χ1n) is 20.5. The average Bonchev–Trinajstić information content (AvgIpc) is 3.73. The number of nitrogens with zero attached hydrogens (tertiary/aromatic N) is 2. The van der Waals surface area contributed by atoms with Crippen LogP contribution in [0.4, 0.5) is 17.1 Å². The van der Waals surface area contributed by atoms with Gasteiger partial charge in [-0.15, -0.1) is 0 Å². The summed E-state index contributed by atoms with van der Waals surface area (Å²) >= 11 is 0. The molecule has 0 atom stereocenters. The predicted octanol–water partition coefficient (Wildman–Crippen LogP) is 12.2. The zero-order valence-corrected chi connectivity index (χ0v) is 34.2. The van der Waals surface area contributed by atoms with Crippen LogP contribution in [-0.4, -0.2) is 11.3 Å². The summed E-state index contributed by atoms with van der Waals surface area (Å²) in [6.07, 6.45) is 0. The minimum absolute atomic E-state index is 0.00567. The molecule has 0 amide bonds. The molecule has 57 heavy (non-hydrogen) atoms. The Bertz CT molecular complexity index is 3070. The molecule has 0 radical (unpaired) electrons. The molecule has 2 aliphatic heterocycles. The van der Waals surface area contributed by atoms with Gasteiger partial charge in [-0.1, -0.05) is 152 Å². The van der Waals surface area contributed by atoms with E-state index >= 15 is 0 Å². The van der Waals surface area contributed by atoms with E-state index in [0.29, 0.717) is 0 Å². The molecule has 0 saturated heterocycles. The summed E-state index contributed by atoms with van der Waals surface area (Å²) in [5.41, 5.74) is 18.3. The SMILES string of the molecule is CC(C)(C)c1ccc(N2c3cc4oc5ccccc5c4cc3B3c4cc(C(C)(C)C)ccc4C(C)(C)c4cc(-n5c6ccccc6c6ccccc65)cc2c43)cc1. The number of hydrogen-bond acceptors (Lipinski definition) is 2. The quantitative estimate of drug-likeness (QED) is 0.165. The van der Waals surface area contributed by atoms with Gasteiger partial charge in [0.05, 0.1) is 11.0 Å². The highest BCUT2D eigenvalue weighted by Crippen LogP contribution is 2.47. The zero-order chi connectivity index (χ0) is 39.2. The number of furan rings is 1. The molecule has 7 aromatic carbocycles. The lowest BCUT2D eigenvalue weighted by molar-refractivity contribution is 0.588. The maximum absolute atomic E-state index is 6.68. The minimum atomic E-state index is -0.271. The van der Waals surface area contributed by atoms with Gasteiger partial charge < -0.3 is 13.9 Å². The molecule has 0 aliphatic carbocycles. The largest absolute Gasteiger partial charge is 0.456 e. The van der Waals surface area contributed by atoms with E-state index in [1.54, 1.807) is 0 Å². The van der Waals surface area contributed by atoms with E-state index in [1.165, 1.54) is 77.5 Å². The van der Waals surface area contributed by atoms with Gasteiger partial charge in [-0.2, -0.15) is 0 Å². The van der Waals surface area contributed by atoms with Crippen molar-refractivity contribution in [3.8, 4) is 5.69 Å². The van der Waals surface area contributed by atoms with E-state index in [-0.39, 0.29) is 23.0 Å². The molecule has 11 rings (SSSR count). The number of aromatic nitrogens is 1.